The Bertz CT molecular complexity index is 2090. The van der Waals surface area contributed by atoms with Crippen LogP contribution in [0.2, 0.25) is 0 Å². The Morgan fingerprint density at radius 1 is 0.417 bits per heavy atom. The van der Waals surface area contributed by atoms with Gasteiger partial charge in [-0.3, -0.25) is 14.4 Å². The average molecular weight is 640 g/mol. The fourth-order valence-electron chi connectivity index (χ4n) is 4.47. The summed E-state index contributed by atoms with van der Waals surface area (Å²) in [5.41, 5.74) is -1.54. The van der Waals surface area contributed by atoms with Crippen LogP contribution in [0.25, 0.3) is 0 Å². The summed E-state index contributed by atoms with van der Waals surface area (Å²) < 4.78 is 0. The number of carboxylic acid groups (broad SMARTS) is 3. The molecule has 12 nitrogen and oxygen atoms in total. The van der Waals surface area contributed by atoms with E-state index in [9.17, 15) is 44.1 Å². The van der Waals surface area contributed by atoms with E-state index in [0.29, 0.717) is 0 Å². The molecule has 0 saturated carbocycles. The van der Waals surface area contributed by atoms with Gasteiger partial charge in [0.15, 0.2) is 0 Å². The maximum Gasteiger partial charge on any atom is 0.336 e. The first-order valence-electron chi connectivity index (χ1n) is 13.5. The highest BCUT2D eigenvalue weighted by atomic mass is 16.4. The van der Waals surface area contributed by atoms with Gasteiger partial charge in [0.1, 0.15) is 0 Å². The smallest absolute Gasteiger partial charge is 0.336 e. The number of amides is 3. The van der Waals surface area contributed by atoms with Crippen LogP contribution in [0.1, 0.15) is 78.8 Å². The van der Waals surface area contributed by atoms with E-state index in [1.165, 1.54) is 54.6 Å². The van der Waals surface area contributed by atoms with Crippen LogP contribution in [0, 0.1) is 37.0 Å². The predicted octanol–water partition coefficient (Wildman–Crippen LogP) is 4.48. The van der Waals surface area contributed by atoms with Crippen molar-refractivity contribution in [1.29, 1.82) is 0 Å². The number of nitrogens with one attached hydrogen (secondary N) is 3. The number of terminal acetylenes is 3. The van der Waals surface area contributed by atoms with E-state index in [-0.39, 0.29) is 56.0 Å². The van der Waals surface area contributed by atoms with Crippen molar-refractivity contribution in [3.05, 3.63) is 123 Å². The van der Waals surface area contributed by atoms with Gasteiger partial charge in [-0.1, -0.05) is 17.8 Å². The molecular weight excluding hydrogens is 618 g/mol. The van der Waals surface area contributed by atoms with Crippen LogP contribution in [-0.4, -0.2) is 50.9 Å². The van der Waals surface area contributed by atoms with E-state index >= 15 is 0 Å². The number of hydrogen-bond donors (Lipinski definition) is 6. The third-order valence-corrected chi connectivity index (χ3v) is 6.69. The molecule has 0 aromatic heterocycles. The summed E-state index contributed by atoms with van der Waals surface area (Å²) in [6.45, 7) is 0. The molecule has 12 heteroatoms. The number of anilines is 3. The van der Waals surface area contributed by atoms with Crippen molar-refractivity contribution < 1.29 is 44.1 Å². The molecule has 0 aliphatic heterocycles. The number of carboxylic acids is 3. The molecule has 4 aromatic carbocycles. The first-order chi connectivity index (χ1) is 22.8. The Morgan fingerprint density at radius 2 is 0.708 bits per heavy atom. The van der Waals surface area contributed by atoms with Gasteiger partial charge >= 0.3 is 17.9 Å². The predicted molar refractivity (Wildman–Crippen MR) is 174 cm³/mol. The normalized spacial score (nSPS) is 9.94. The van der Waals surface area contributed by atoms with Gasteiger partial charge in [-0.2, -0.15) is 0 Å². The Labute approximate surface area is 272 Å². The average Bonchev–Trinajstić information content (AvgIpc) is 3.06. The van der Waals surface area contributed by atoms with Gasteiger partial charge in [-0.05, 0) is 72.8 Å². The molecule has 0 aliphatic carbocycles. The number of aromatic carboxylic acids is 3. The van der Waals surface area contributed by atoms with E-state index in [2.05, 4.69) is 33.7 Å². The molecule has 0 bridgehead atoms. The van der Waals surface area contributed by atoms with Gasteiger partial charge in [0.2, 0.25) is 0 Å². The topological polar surface area (TPSA) is 199 Å². The van der Waals surface area contributed by atoms with Gasteiger partial charge in [-0.15, -0.1) is 19.3 Å². The number of rotatable bonds is 9. The second kappa shape index (κ2) is 14.0. The highest BCUT2D eigenvalue weighted by Crippen LogP contribution is 2.26. The van der Waals surface area contributed by atoms with Gasteiger partial charge < -0.3 is 31.3 Å². The molecule has 0 aliphatic rings. The van der Waals surface area contributed by atoms with Crippen LogP contribution >= 0.6 is 0 Å². The zero-order valence-electron chi connectivity index (χ0n) is 24.5. The molecule has 4 aromatic rings. The zero-order valence-corrected chi connectivity index (χ0v) is 24.5. The first-order valence-corrected chi connectivity index (χ1v) is 13.5. The van der Waals surface area contributed by atoms with Gasteiger partial charge in [0.25, 0.3) is 17.7 Å². The molecule has 6 N–H and O–H groups in total. The lowest BCUT2D eigenvalue weighted by atomic mass is 10.0. The van der Waals surface area contributed by atoms with Crippen molar-refractivity contribution in [1.82, 2.24) is 0 Å². The Morgan fingerprint density at radius 3 is 1.02 bits per heavy atom. The molecule has 0 heterocycles. The molecule has 0 spiro atoms. The van der Waals surface area contributed by atoms with E-state index in [1.807, 2.05) is 0 Å². The first kappa shape index (κ1) is 33.3. The summed E-state index contributed by atoms with van der Waals surface area (Å²) in [6.07, 6.45) is 16.1. The number of hydrogen-bond acceptors (Lipinski definition) is 6. The van der Waals surface area contributed by atoms with Crippen molar-refractivity contribution in [3.63, 3.8) is 0 Å². The third kappa shape index (κ3) is 7.36. The minimum Gasteiger partial charge on any atom is -0.478 e. The standard InChI is InChI=1S/C36H21N3O9/c1-4-19-9-12-27(34(43)44)28(13-19)33(42)39-24-17-22(37-31(40)25-10-7-20(5-2)14-29(25)35(45)46)16-23(18-24)38-32(41)26-11-8-21(6-3)15-30(26)36(47)48/h1-3,7-18H,(H,37,40)(H,38,41)(H,39,42)(H,43,44)(H,45,46)(H,47,48). The van der Waals surface area contributed by atoms with Gasteiger partial charge in [0, 0.05) is 33.8 Å². The van der Waals surface area contributed by atoms with Crippen LogP contribution in [0.4, 0.5) is 17.1 Å². The molecule has 234 valence electrons. The lowest BCUT2D eigenvalue weighted by Gasteiger charge is -2.15. The molecular formula is C36H21N3O9. The van der Waals surface area contributed by atoms with Crippen molar-refractivity contribution >= 4 is 52.7 Å². The molecule has 0 fully saturated rings. The quantitative estimate of drug-likeness (QED) is 0.143. The second-order valence-electron chi connectivity index (χ2n) is 9.79. The van der Waals surface area contributed by atoms with E-state index in [4.69, 9.17) is 19.3 Å². The van der Waals surface area contributed by atoms with Crippen LogP contribution in [0.3, 0.4) is 0 Å². The van der Waals surface area contributed by atoms with Crippen LogP contribution in [0.15, 0.2) is 72.8 Å². The maximum atomic E-state index is 13.3. The molecule has 0 saturated heterocycles. The third-order valence-electron chi connectivity index (χ3n) is 6.69. The number of benzene rings is 4. The lowest BCUT2D eigenvalue weighted by Crippen LogP contribution is -2.20. The Balaban J connectivity index is 1.77. The van der Waals surface area contributed by atoms with Gasteiger partial charge in [-0.25, -0.2) is 14.4 Å². The van der Waals surface area contributed by atoms with Gasteiger partial charge in [0.05, 0.1) is 33.4 Å². The van der Waals surface area contributed by atoms with Crippen molar-refractivity contribution in [2.75, 3.05) is 16.0 Å². The van der Waals surface area contributed by atoms with Crippen LogP contribution in [-0.2, 0) is 0 Å². The minimum absolute atomic E-state index is 0.0672. The van der Waals surface area contributed by atoms with Crippen molar-refractivity contribution in [2.45, 2.75) is 0 Å². The lowest BCUT2D eigenvalue weighted by molar-refractivity contribution is 0.0683. The summed E-state index contributed by atoms with van der Waals surface area (Å²) in [7, 11) is 0. The SMILES string of the molecule is C#Cc1ccc(C(=O)Nc2cc(NC(=O)c3ccc(C#C)cc3C(=O)O)cc(NC(=O)c3cc(C#C)ccc3C(=O)O)c2)c(C(=O)O)c1. The molecule has 0 atom stereocenters. The fraction of sp³-hybridized carbons (Fsp3) is 0. The van der Waals surface area contributed by atoms with Crippen molar-refractivity contribution in [2.24, 2.45) is 0 Å². The highest BCUT2D eigenvalue weighted by molar-refractivity contribution is 6.14. The number of carbonyl (C=O) groups excluding carboxylic acids is 3. The summed E-state index contributed by atoms with van der Waals surface area (Å²) in [5, 5.41) is 36.4. The molecule has 4 rings (SSSR count). The minimum atomic E-state index is -1.43. The molecule has 3 amide bonds. The summed E-state index contributed by atoms with van der Waals surface area (Å²) >= 11 is 0. The largest absolute Gasteiger partial charge is 0.478 e. The summed E-state index contributed by atoms with van der Waals surface area (Å²) in [6, 6.07) is 14.8. The maximum absolute atomic E-state index is 13.3. The molecule has 48 heavy (non-hydrogen) atoms. The highest BCUT2D eigenvalue weighted by Gasteiger charge is 2.22. The number of carbonyl (C=O) groups is 6. The molecule has 0 radical (unpaired) electrons. The van der Waals surface area contributed by atoms with E-state index in [0.717, 1.165) is 18.2 Å². The second-order valence-corrected chi connectivity index (χ2v) is 9.79. The summed E-state index contributed by atoms with van der Waals surface area (Å²) in [5.74, 6) is -0.108. The fourth-order valence-corrected chi connectivity index (χ4v) is 4.47. The van der Waals surface area contributed by atoms with Crippen LogP contribution < -0.4 is 16.0 Å². The molecule has 0 unspecified atom stereocenters. The van der Waals surface area contributed by atoms with E-state index < -0.39 is 46.8 Å². The summed E-state index contributed by atoms with van der Waals surface area (Å²) in [4.78, 5) is 75.3. The van der Waals surface area contributed by atoms with E-state index in [1.54, 1.807) is 0 Å². The monoisotopic (exact) mass is 639 g/mol. The zero-order chi connectivity index (χ0) is 35.1. The van der Waals surface area contributed by atoms with Crippen LogP contribution in [0.5, 0.6) is 0 Å². The Kier molecular flexibility index (Phi) is 9.70. The Hall–Kier alpha value is -7.62. The van der Waals surface area contributed by atoms with Crippen molar-refractivity contribution in [3.8, 4) is 37.0 Å².